The summed E-state index contributed by atoms with van der Waals surface area (Å²) in [7, 11) is -5.59. The van der Waals surface area contributed by atoms with Crippen LogP contribution in [0.1, 0.15) is 90.5 Å². The van der Waals surface area contributed by atoms with Gasteiger partial charge in [0.1, 0.15) is 46.2 Å². The van der Waals surface area contributed by atoms with Crippen molar-refractivity contribution in [3.05, 3.63) is 285 Å². The van der Waals surface area contributed by atoms with Gasteiger partial charge in [-0.25, -0.2) is 30.0 Å². The number of nitrogens with one attached hydrogen (secondary N) is 2. The predicted octanol–water partition coefficient (Wildman–Crippen LogP) is 10.8. The molecule has 0 saturated heterocycles. The lowest BCUT2D eigenvalue weighted by Crippen LogP contribution is -2.32. The number of aromatic nitrogens is 3. The number of carbonyl (C=O) groups excluding carboxylic acids is 1. The van der Waals surface area contributed by atoms with Crippen molar-refractivity contribution >= 4 is 36.2 Å². The molecule has 548 valence electrons. The number of pyridine rings is 3. The van der Waals surface area contributed by atoms with Crippen LogP contribution in [-0.2, 0) is 80.7 Å². The summed E-state index contributed by atoms with van der Waals surface area (Å²) in [5.74, 6) is 3.00. The van der Waals surface area contributed by atoms with Gasteiger partial charge in [-0.2, -0.15) is 12.9 Å². The Labute approximate surface area is 617 Å². The molecule has 3 atom stereocenters. The van der Waals surface area contributed by atoms with Gasteiger partial charge in [-0.05, 0) is 124 Å². The average molecular weight is 1490 g/mol. The number of fused-ring (bicyclic) bond motifs is 6. The first-order valence-electron chi connectivity index (χ1n) is 35.0. The number of hydrogen-bond donors (Lipinski definition) is 2. The largest absolute Gasteiger partial charge is 0.486 e. The van der Waals surface area contributed by atoms with Gasteiger partial charge in [0.25, 0.3) is 0 Å². The van der Waals surface area contributed by atoms with E-state index in [0.29, 0.717) is 107 Å². The minimum atomic E-state index is -3.78. The zero-order chi connectivity index (χ0) is 73.4. The number of hydrogen-bond acceptors (Lipinski definition) is 19. The number of nitrogens with zero attached hydrogens (tertiary/aromatic N) is 7. The van der Waals surface area contributed by atoms with Crippen molar-refractivity contribution in [1.82, 2.24) is 43.4 Å². The molecule has 0 bridgehead atoms. The number of amides is 1. The average Bonchev–Trinajstić information content (AvgIpc) is 1.61. The molecule has 0 spiro atoms. The Balaban J connectivity index is 0.000000135. The molecule has 26 heteroatoms. The Morgan fingerprint density at radius 3 is 1.05 bits per heavy atom. The van der Waals surface area contributed by atoms with Gasteiger partial charge >= 0.3 is 6.09 Å². The van der Waals surface area contributed by atoms with Crippen molar-refractivity contribution < 1.29 is 63.2 Å². The SMILES string of the molecule is CN(CC(c1ccccc1)c1cc2c(cn1)CN(S(=O)(=O)c1ccc3c(c1)OCCO3)C2)C(=O)OCc1ccccc1.CNC[C@@H](c1ccccc1)c1cc2c(cn1)CN(S(=O)(=O)c1ccc3c(c1)OCCO3)C2.CNC[C@H](c1ccccc1)c1cc2c(cn1)CN(S(=O)(=O)c1ccc3c(c1)OCCO3)C2. The summed E-state index contributed by atoms with van der Waals surface area (Å²) in [5, 5.41) is 6.49. The van der Waals surface area contributed by atoms with Crippen LogP contribution in [0.25, 0.3) is 0 Å². The fourth-order valence-electron chi connectivity index (χ4n) is 13.7. The first kappa shape index (κ1) is 72.6. The summed E-state index contributed by atoms with van der Waals surface area (Å²) in [6.45, 7) is 6.28. The van der Waals surface area contributed by atoms with Crippen LogP contribution in [0.5, 0.6) is 34.5 Å². The minimum Gasteiger partial charge on any atom is -0.486 e. The highest BCUT2D eigenvalue weighted by atomic mass is 32.2. The van der Waals surface area contributed by atoms with Crippen molar-refractivity contribution in [3.63, 3.8) is 0 Å². The molecule has 3 aromatic heterocycles. The molecule has 6 aliphatic rings. The lowest BCUT2D eigenvalue weighted by atomic mass is 9.93. The van der Waals surface area contributed by atoms with Crippen molar-refractivity contribution in [1.29, 1.82) is 0 Å². The third-order valence-corrected chi connectivity index (χ3v) is 24.7. The van der Waals surface area contributed by atoms with Gasteiger partial charge in [0.15, 0.2) is 34.5 Å². The van der Waals surface area contributed by atoms with E-state index >= 15 is 0 Å². The maximum Gasteiger partial charge on any atom is 0.409 e. The molecular formula is C80H81N9O14S3. The first-order chi connectivity index (χ1) is 51.5. The third kappa shape index (κ3) is 16.1. The first-order valence-corrected chi connectivity index (χ1v) is 39.3. The molecule has 7 aromatic carbocycles. The zero-order valence-corrected chi connectivity index (χ0v) is 61.3. The molecule has 0 aliphatic carbocycles. The fraction of sp³-hybridized carbons (Fsp3) is 0.275. The lowest BCUT2D eigenvalue weighted by molar-refractivity contribution is 0.104. The van der Waals surface area contributed by atoms with E-state index in [-0.39, 0.29) is 52.1 Å². The standard InChI is InChI=1S/C32H31N3O6S.2C24H25N3O4S/c1-34(32(36)41-22-23-8-4-2-5-9-23)21-28(24-10-6-3-7-11-24)29-16-25-19-35(20-26(25)18-33-29)42(37,38)27-12-13-30-31(17-27)40-15-14-39-30;2*1-25-14-21(17-5-3-2-4-6-17)22-11-18-15-27(16-19(18)13-26-22)32(28,29)20-7-8-23-24(12-20)31-10-9-30-23/h2-13,16-18,28H,14-15,19-22H2,1H3;2*2-8,11-13,21,25H,9-10,14-16H2,1H3/t;2*21-/m.10/s1. The number of sulfonamides is 3. The highest BCUT2D eigenvalue weighted by molar-refractivity contribution is 7.89. The summed E-state index contributed by atoms with van der Waals surface area (Å²) < 4.78 is 124. The normalized spacial score (nSPS) is 16.0. The van der Waals surface area contributed by atoms with E-state index in [1.165, 1.54) is 30.1 Å². The molecule has 2 N–H and O–H groups in total. The molecule has 10 aromatic rings. The highest BCUT2D eigenvalue weighted by Gasteiger charge is 2.37. The fourth-order valence-corrected chi connectivity index (χ4v) is 17.9. The summed E-state index contributed by atoms with van der Waals surface area (Å²) >= 11 is 0. The molecule has 0 fully saturated rings. The second-order valence-electron chi connectivity index (χ2n) is 26.3. The van der Waals surface area contributed by atoms with Gasteiger partial charge in [-0.15, -0.1) is 0 Å². The van der Waals surface area contributed by atoms with Gasteiger partial charge in [0, 0.05) is 138 Å². The van der Waals surface area contributed by atoms with E-state index < -0.39 is 36.2 Å². The Hall–Kier alpha value is -10.3. The molecule has 1 amide bonds. The van der Waals surface area contributed by atoms with E-state index in [0.717, 1.165) is 74.7 Å². The van der Waals surface area contributed by atoms with Crippen LogP contribution in [-0.4, -0.2) is 145 Å². The Morgan fingerprint density at radius 2 is 0.708 bits per heavy atom. The number of benzene rings is 7. The van der Waals surface area contributed by atoms with Crippen molar-refractivity contribution in [2.75, 3.05) is 80.4 Å². The molecule has 23 nitrogen and oxygen atoms in total. The molecule has 0 radical (unpaired) electrons. The number of rotatable bonds is 20. The summed E-state index contributed by atoms with van der Waals surface area (Å²) in [4.78, 5) is 29.1. The van der Waals surface area contributed by atoms with Crippen molar-refractivity contribution in [2.24, 2.45) is 0 Å². The van der Waals surface area contributed by atoms with Gasteiger partial charge in [-0.3, -0.25) is 15.0 Å². The van der Waals surface area contributed by atoms with E-state index in [2.05, 4.69) is 34.9 Å². The Kier molecular flexibility index (Phi) is 22.1. The molecule has 1 unspecified atom stereocenters. The molecular weight excluding hydrogens is 1410 g/mol. The van der Waals surface area contributed by atoms with E-state index in [9.17, 15) is 30.0 Å². The second kappa shape index (κ2) is 32.2. The minimum absolute atomic E-state index is 0.0925. The topological polar surface area (TPSA) is 260 Å². The van der Waals surface area contributed by atoms with Crippen LogP contribution in [0, 0.1) is 0 Å². The molecule has 16 rings (SSSR count). The van der Waals surface area contributed by atoms with Gasteiger partial charge in [0.05, 0.1) is 14.7 Å². The van der Waals surface area contributed by atoms with Crippen LogP contribution in [0.2, 0.25) is 0 Å². The van der Waals surface area contributed by atoms with Crippen LogP contribution in [0.15, 0.2) is 227 Å². The van der Waals surface area contributed by atoms with E-state index in [1.54, 1.807) is 66.7 Å². The lowest BCUT2D eigenvalue weighted by Gasteiger charge is -2.24. The predicted molar refractivity (Wildman–Crippen MR) is 396 cm³/mol. The zero-order valence-electron chi connectivity index (χ0n) is 58.8. The Morgan fingerprint density at radius 1 is 0.406 bits per heavy atom. The molecule has 0 saturated carbocycles. The van der Waals surface area contributed by atoms with Crippen LogP contribution in [0.4, 0.5) is 4.79 Å². The van der Waals surface area contributed by atoms with Gasteiger partial charge in [0.2, 0.25) is 30.1 Å². The van der Waals surface area contributed by atoms with Gasteiger partial charge in [-0.1, -0.05) is 121 Å². The summed E-state index contributed by atoms with van der Waals surface area (Å²) in [6, 6.07) is 60.2. The van der Waals surface area contributed by atoms with Crippen molar-refractivity contribution in [2.45, 2.75) is 78.3 Å². The summed E-state index contributed by atoms with van der Waals surface area (Å²) in [5.41, 5.74) is 12.5. The highest BCUT2D eigenvalue weighted by Crippen LogP contribution is 2.41. The summed E-state index contributed by atoms with van der Waals surface area (Å²) in [6.07, 6.45) is 4.94. The van der Waals surface area contributed by atoms with Crippen LogP contribution >= 0.6 is 0 Å². The van der Waals surface area contributed by atoms with E-state index in [1.807, 2.05) is 142 Å². The molecule has 106 heavy (non-hydrogen) atoms. The second-order valence-corrected chi connectivity index (χ2v) is 32.1. The quantitative estimate of drug-likeness (QED) is 0.0718. The van der Waals surface area contributed by atoms with E-state index in [4.69, 9.17) is 48.1 Å². The number of carbonyl (C=O) groups is 1. The maximum absolute atomic E-state index is 13.6. The Bertz CT molecular complexity index is 4960. The molecule has 6 aliphatic heterocycles. The van der Waals surface area contributed by atoms with Gasteiger partial charge < -0.3 is 48.7 Å². The molecule has 9 heterocycles. The van der Waals surface area contributed by atoms with Crippen LogP contribution < -0.4 is 39.1 Å². The smallest absolute Gasteiger partial charge is 0.409 e. The number of ether oxygens (including phenoxy) is 7. The third-order valence-electron chi connectivity index (χ3n) is 19.3. The van der Waals surface area contributed by atoms with Crippen molar-refractivity contribution in [3.8, 4) is 34.5 Å². The monoisotopic (exact) mass is 1490 g/mol. The maximum atomic E-state index is 13.6. The van der Waals surface area contributed by atoms with Crippen LogP contribution in [0.3, 0.4) is 0 Å². The number of likely N-dealkylation sites (N-methyl/N-ethyl adjacent to an activating group) is 3.